The predicted molar refractivity (Wildman–Crippen MR) is 110 cm³/mol. The summed E-state index contributed by atoms with van der Waals surface area (Å²) < 4.78 is 29.4. The van der Waals surface area contributed by atoms with Gasteiger partial charge in [0.05, 0.1) is 11.2 Å². The smallest absolute Gasteiger partial charge is 0.399 e. The molecular weight excluding hydrogens is 342 g/mol. The zero-order valence-corrected chi connectivity index (χ0v) is 17.8. The van der Waals surface area contributed by atoms with Crippen LogP contribution in [0.5, 0.6) is 0 Å². The van der Waals surface area contributed by atoms with E-state index in [1.807, 2.05) is 46.9 Å². The normalized spacial score (nSPS) is 20.4. The van der Waals surface area contributed by atoms with Gasteiger partial charge < -0.3 is 19.6 Å². The molecule has 0 radical (unpaired) electrons. The first kappa shape index (κ1) is 20.4. The van der Waals surface area contributed by atoms with Gasteiger partial charge in [-0.25, -0.2) is 4.39 Å². The number of fused-ring (bicyclic) bond motifs is 1. The summed E-state index contributed by atoms with van der Waals surface area (Å²) >= 11 is 0. The van der Waals surface area contributed by atoms with Crippen molar-refractivity contribution in [2.45, 2.75) is 79.2 Å². The summed E-state index contributed by atoms with van der Waals surface area (Å²) in [7, 11) is -0.726. The standard InChI is InChI=1S/C21H32BFN2O2/c1-13(24)15-11-25(12-19(2,3)4)18-10-16(17(23)9-14(15)18)22-26-20(5,6)21(7,8)27-22/h9-11,13H,12,24H2,1-8H3/t13-/m1/s1. The van der Waals surface area contributed by atoms with Gasteiger partial charge in [0.15, 0.2) is 0 Å². The summed E-state index contributed by atoms with van der Waals surface area (Å²) in [6.07, 6.45) is 2.05. The van der Waals surface area contributed by atoms with Crippen molar-refractivity contribution in [3.05, 3.63) is 29.7 Å². The fraction of sp³-hybridized carbons (Fsp3) is 0.619. The maximum Gasteiger partial charge on any atom is 0.497 e. The maximum atomic E-state index is 15.1. The first-order valence-corrected chi connectivity index (χ1v) is 9.65. The number of nitrogens with zero attached hydrogens (tertiary/aromatic N) is 1. The Morgan fingerprint density at radius 1 is 1.15 bits per heavy atom. The lowest BCUT2D eigenvalue weighted by molar-refractivity contribution is 0.00578. The van der Waals surface area contributed by atoms with Crippen LogP contribution in [0, 0.1) is 11.2 Å². The fourth-order valence-corrected chi connectivity index (χ4v) is 3.51. The molecule has 27 heavy (non-hydrogen) atoms. The second-order valence-electron chi connectivity index (χ2n) is 10.0. The minimum atomic E-state index is -0.726. The Morgan fingerprint density at radius 2 is 1.70 bits per heavy atom. The lowest BCUT2D eigenvalue weighted by Gasteiger charge is -2.32. The van der Waals surface area contributed by atoms with Crippen molar-refractivity contribution in [1.82, 2.24) is 4.57 Å². The third-order valence-electron chi connectivity index (χ3n) is 5.67. The highest BCUT2D eigenvalue weighted by Gasteiger charge is 2.52. The summed E-state index contributed by atoms with van der Waals surface area (Å²) in [5.41, 5.74) is 7.56. The van der Waals surface area contributed by atoms with Gasteiger partial charge in [-0.3, -0.25) is 0 Å². The van der Waals surface area contributed by atoms with E-state index >= 15 is 4.39 Å². The summed E-state index contributed by atoms with van der Waals surface area (Å²) in [4.78, 5) is 0. The molecule has 6 heteroatoms. The SMILES string of the molecule is C[C@@H](N)c1cn(CC(C)(C)C)c2cc(B3OC(C)(C)C(C)(C)O3)c(F)cc12. The highest BCUT2D eigenvalue weighted by molar-refractivity contribution is 6.62. The Balaban J connectivity index is 2.14. The van der Waals surface area contributed by atoms with Gasteiger partial charge in [-0.15, -0.1) is 0 Å². The van der Waals surface area contributed by atoms with Gasteiger partial charge in [0.1, 0.15) is 5.82 Å². The third-order valence-corrected chi connectivity index (χ3v) is 5.67. The number of halogens is 1. The molecule has 1 aliphatic rings. The van der Waals surface area contributed by atoms with Gasteiger partial charge in [0.25, 0.3) is 0 Å². The number of hydrogen-bond acceptors (Lipinski definition) is 3. The largest absolute Gasteiger partial charge is 0.497 e. The highest BCUT2D eigenvalue weighted by Crippen LogP contribution is 2.37. The van der Waals surface area contributed by atoms with Crippen molar-refractivity contribution in [2.75, 3.05) is 0 Å². The molecule has 0 amide bonds. The molecule has 4 nitrogen and oxygen atoms in total. The molecule has 1 aromatic heterocycles. The molecule has 0 saturated carbocycles. The van der Waals surface area contributed by atoms with Crippen molar-refractivity contribution in [1.29, 1.82) is 0 Å². The first-order chi connectivity index (χ1) is 12.2. The van der Waals surface area contributed by atoms with Crippen LogP contribution in [-0.2, 0) is 15.9 Å². The Labute approximate surface area is 162 Å². The van der Waals surface area contributed by atoms with E-state index in [0.29, 0.717) is 5.46 Å². The van der Waals surface area contributed by atoms with E-state index in [1.54, 1.807) is 6.07 Å². The van der Waals surface area contributed by atoms with E-state index in [-0.39, 0.29) is 17.3 Å². The van der Waals surface area contributed by atoms with Crippen LogP contribution in [0.25, 0.3) is 10.9 Å². The van der Waals surface area contributed by atoms with Gasteiger partial charge in [0.2, 0.25) is 0 Å². The third kappa shape index (κ3) is 3.67. The average molecular weight is 374 g/mol. The van der Waals surface area contributed by atoms with Crippen LogP contribution in [0.15, 0.2) is 18.3 Å². The molecule has 1 atom stereocenters. The topological polar surface area (TPSA) is 49.4 Å². The van der Waals surface area contributed by atoms with Crippen LogP contribution >= 0.6 is 0 Å². The highest BCUT2D eigenvalue weighted by atomic mass is 19.1. The van der Waals surface area contributed by atoms with E-state index in [2.05, 4.69) is 25.3 Å². The zero-order chi connectivity index (χ0) is 20.4. The zero-order valence-electron chi connectivity index (χ0n) is 17.8. The summed E-state index contributed by atoms with van der Waals surface area (Å²) in [6.45, 7) is 17.2. The van der Waals surface area contributed by atoms with Crippen molar-refractivity contribution in [3.8, 4) is 0 Å². The number of hydrogen-bond donors (Lipinski definition) is 1. The lowest BCUT2D eigenvalue weighted by Crippen LogP contribution is -2.41. The molecule has 2 heterocycles. The molecular formula is C21H32BFN2O2. The van der Waals surface area contributed by atoms with Crippen molar-refractivity contribution >= 4 is 23.5 Å². The number of aromatic nitrogens is 1. The van der Waals surface area contributed by atoms with E-state index in [0.717, 1.165) is 23.0 Å². The monoisotopic (exact) mass is 374 g/mol. The average Bonchev–Trinajstić information content (AvgIpc) is 2.91. The second kappa shape index (κ2) is 6.33. The van der Waals surface area contributed by atoms with Gasteiger partial charge in [-0.1, -0.05) is 20.8 Å². The molecule has 0 bridgehead atoms. The Morgan fingerprint density at radius 3 is 2.19 bits per heavy atom. The Bertz CT molecular complexity index is 849. The second-order valence-corrected chi connectivity index (χ2v) is 10.0. The fourth-order valence-electron chi connectivity index (χ4n) is 3.51. The minimum absolute atomic E-state index is 0.0833. The molecule has 1 fully saturated rings. The quantitative estimate of drug-likeness (QED) is 0.822. The Kier molecular flexibility index (Phi) is 4.77. The summed E-state index contributed by atoms with van der Waals surface area (Å²) in [6, 6.07) is 3.27. The lowest BCUT2D eigenvalue weighted by atomic mass is 9.78. The summed E-state index contributed by atoms with van der Waals surface area (Å²) in [5.74, 6) is -0.323. The van der Waals surface area contributed by atoms with Crippen LogP contribution < -0.4 is 11.2 Å². The van der Waals surface area contributed by atoms with Gasteiger partial charge in [-0.05, 0) is 57.7 Å². The molecule has 1 saturated heterocycles. The molecule has 2 N–H and O–H groups in total. The number of nitrogens with two attached hydrogens (primary N) is 1. The minimum Gasteiger partial charge on any atom is -0.399 e. The van der Waals surface area contributed by atoms with Gasteiger partial charge >= 0.3 is 7.12 Å². The van der Waals surface area contributed by atoms with Crippen molar-refractivity contribution in [3.63, 3.8) is 0 Å². The predicted octanol–water partition coefficient (Wildman–Crippen LogP) is 4.15. The van der Waals surface area contributed by atoms with Crippen LogP contribution in [0.2, 0.25) is 0 Å². The van der Waals surface area contributed by atoms with Gasteiger partial charge in [0, 0.05) is 35.1 Å². The number of benzene rings is 1. The van der Waals surface area contributed by atoms with Crippen LogP contribution in [0.3, 0.4) is 0 Å². The van der Waals surface area contributed by atoms with Crippen molar-refractivity contribution < 1.29 is 13.7 Å². The van der Waals surface area contributed by atoms with Crippen LogP contribution in [0.4, 0.5) is 4.39 Å². The van der Waals surface area contributed by atoms with Gasteiger partial charge in [-0.2, -0.15) is 0 Å². The molecule has 0 aliphatic carbocycles. The van der Waals surface area contributed by atoms with E-state index in [4.69, 9.17) is 15.0 Å². The van der Waals surface area contributed by atoms with Crippen molar-refractivity contribution in [2.24, 2.45) is 11.1 Å². The molecule has 1 aromatic carbocycles. The first-order valence-electron chi connectivity index (χ1n) is 9.65. The molecule has 148 valence electrons. The summed E-state index contributed by atoms with van der Waals surface area (Å²) in [5, 5.41) is 0.854. The van der Waals surface area contributed by atoms with E-state index < -0.39 is 18.3 Å². The molecule has 0 spiro atoms. The number of rotatable bonds is 3. The molecule has 2 aromatic rings. The molecule has 3 rings (SSSR count). The van der Waals surface area contributed by atoms with Crippen LogP contribution in [0.1, 0.15) is 67.0 Å². The van der Waals surface area contributed by atoms with E-state index in [9.17, 15) is 0 Å². The molecule has 1 aliphatic heterocycles. The van der Waals surface area contributed by atoms with E-state index in [1.165, 1.54) is 0 Å². The maximum absolute atomic E-state index is 15.1. The van der Waals surface area contributed by atoms with Crippen LogP contribution in [-0.4, -0.2) is 22.9 Å². The Hall–Kier alpha value is -1.37. The molecule has 0 unspecified atom stereocenters.